The number of esters is 1. The first-order valence-corrected chi connectivity index (χ1v) is 8.83. The quantitative estimate of drug-likeness (QED) is 0.784. The van der Waals surface area contributed by atoms with Crippen LogP contribution < -0.4 is 5.32 Å². The standard InChI is InChI=1S/C20H16BrN3O2/c1-26-19(25)17-16(13-6-3-2-4-7-13)20(11-22,12-23)18(24-17)14-8-5-9-15(21)10-14/h2-10,16-18,24H,1H3. The SMILES string of the molecule is COC(=O)C1NC(c2cccc(Br)c2)C(C#N)(C#N)C1c1ccccc1. The first-order valence-electron chi connectivity index (χ1n) is 8.04. The minimum Gasteiger partial charge on any atom is -0.468 e. The number of nitriles is 2. The summed E-state index contributed by atoms with van der Waals surface area (Å²) in [6.07, 6.45) is 0. The minimum atomic E-state index is -1.46. The Morgan fingerprint density at radius 2 is 1.77 bits per heavy atom. The number of nitrogens with zero attached hydrogens (tertiary/aromatic N) is 2. The molecule has 3 unspecified atom stereocenters. The molecule has 1 fully saturated rings. The van der Waals surface area contributed by atoms with E-state index in [9.17, 15) is 15.3 Å². The van der Waals surface area contributed by atoms with E-state index in [-0.39, 0.29) is 0 Å². The van der Waals surface area contributed by atoms with Crippen molar-refractivity contribution in [1.82, 2.24) is 5.32 Å². The molecule has 0 saturated carbocycles. The third kappa shape index (κ3) is 2.88. The van der Waals surface area contributed by atoms with Gasteiger partial charge in [0.05, 0.1) is 25.3 Å². The second kappa shape index (κ2) is 7.29. The third-order valence-corrected chi connectivity index (χ3v) is 5.28. The number of carbonyl (C=O) groups excluding carboxylic acids is 1. The lowest BCUT2D eigenvalue weighted by molar-refractivity contribution is -0.143. The molecular formula is C20H16BrN3O2. The molecule has 2 aromatic carbocycles. The maximum absolute atomic E-state index is 12.4. The summed E-state index contributed by atoms with van der Waals surface area (Å²) in [5, 5.41) is 23.3. The number of benzene rings is 2. The van der Waals surface area contributed by atoms with E-state index >= 15 is 0 Å². The minimum absolute atomic E-state index is 0.494. The van der Waals surface area contributed by atoms with Crippen LogP contribution in [0.2, 0.25) is 0 Å². The van der Waals surface area contributed by atoms with Crippen molar-refractivity contribution in [3.8, 4) is 12.1 Å². The van der Waals surface area contributed by atoms with E-state index in [1.165, 1.54) is 7.11 Å². The maximum Gasteiger partial charge on any atom is 0.323 e. The van der Waals surface area contributed by atoms with Gasteiger partial charge in [0.1, 0.15) is 6.04 Å². The molecule has 0 radical (unpaired) electrons. The van der Waals surface area contributed by atoms with Gasteiger partial charge < -0.3 is 4.74 Å². The molecule has 3 atom stereocenters. The van der Waals surface area contributed by atoms with Crippen LogP contribution in [-0.4, -0.2) is 19.1 Å². The normalized spacial score (nSPS) is 23.6. The highest BCUT2D eigenvalue weighted by molar-refractivity contribution is 9.10. The van der Waals surface area contributed by atoms with Crippen LogP contribution in [0.3, 0.4) is 0 Å². The molecule has 0 aromatic heterocycles. The molecule has 130 valence electrons. The van der Waals surface area contributed by atoms with Gasteiger partial charge in [0, 0.05) is 10.4 Å². The zero-order chi connectivity index (χ0) is 18.7. The molecule has 6 heteroatoms. The average Bonchev–Trinajstić information content (AvgIpc) is 3.03. The fourth-order valence-electron chi connectivity index (χ4n) is 3.63. The fraction of sp³-hybridized carbons (Fsp3) is 0.250. The molecule has 0 aliphatic carbocycles. The third-order valence-electron chi connectivity index (χ3n) is 4.79. The lowest BCUT2D eigenvalue weighted by atomic mass is 9.69. The monoisotopic (exact) mass is 409 g/mol. The Bertz CT molecular complexity index is 887. The molecule has 3 rings (SSSR count). The number of methoxy groups -OCH3 is 1. The molecule has 0 bridgehead atoms. The topological polar surface area (TPSA) is 85.9 Å². The lowest BCUT2D eigenvalue weighted by Crippen LogP contribution is -2.37. The van der Waals surface area contributed by atoms with Crippen LogP contribution in [0.15, 0.2) is 59.1 Å². The van der Waals surface area contributed by atoms with Crippen molar-refractivity contribution in [3.05, 3.63) is 70.2 Å². The Morgan fingerprint density at radius 3 is 2.35 bits per heavy atom. The van der Waals surface area contributed by atoms with Crippen molar-refractivity contribution in [2.75, 3.05) is 7.11 Å². The van der Waals surface area contributed by atoms with Crippen molar-refractivity contribution in [2.45, 2.75) is 18.0 Å². The molecule has 5 nitrogen and oxygen atoms in total. The summed E-state index contributed by atoms with van der Waals surface area (Å²) in [4.78, 5) is 12.4. The van der Waals surface area contributed by atoms with Crippen LogP contribution in [0.5, 0.6) is 0 Å². The Morgan fingerprint density at radius 1 is 1.12 bits per heavy atom. The van der Waals surface area contributed by atoms with Gasteiger partial charge in [-0.15, -0.1) is 0 Å². The number of hydrogen-bond acceptors (Lipinski definition) is 5. The van der Waals surface area contributed by atoms with Crippen molar-refractivity contribution >= 4 is 21.9 Å². The molecule has 2 aromatic rings. The Hall–Kier alpha value is -2.67. The predicted octanol–water partition coefficient (Wildman–Crippen LogP) is 3.45. The Kier molecular flexibility index (Phi) is 5.08. The zero-order valence-electron chi connectivity index (χ0n) is 14.0. The van der Waals surface area contributed by atoms with E-state index < -0.39 is 29.4 Å². The van der Waals surface area contributed by atoms with E-state index in [0.29, 0.717) is 0 Å². The molecule has 0 amide bonds. The van der Waals surface area contributed by atoms with Gasteiger partial charge in [-0.05, 0) is 23.3 Å². The molecule has 26 heavy (non-hydrogen) atoms. The number of nitrogens with one attached hydrogen (secondary N) is 1. The summed E-state index contributed by atoms with van der Waals surface area (Å²) in [5.74, 6) is -1.15. The van der Waals surface area contributed by atoms with Crippen LogP contribution in [0.25, 0.3) is 0 Å². The molecule has 1 aliphatic rings. The molecule has 1 heterocycles. The van der Waals surface area contributed by atoms with Crippen LogP contribution >= 0.6 is 15.9 Å². The van der Waals surface area contributed by atoms with Gasteiger partial charge in [-0.3, -0.25) is 10.1 Å². The average molecular weight is 410 g/mol. The van der Waals surface area contributed by atoms with Gasteiger partial charge >= 0.3 is 5.97 Å². The molecule has 1 saturated heterocycles. The number of carbonyl (C=O) groups is 1. The number of rotatable bonds is 3. The van der Waals surface area contributed by atoms with Crippen LogP contribution in [0, 0.1) is 28.1 Å². The van der Waals surface area contributed by atoms with Crippen molar-refractivity contribution in [3.63, 3.8) is 0 Å². The van der Waals surface area contributed by atoms with Crippen LogP contribution in [-0.2, 0) is 9.53 Å². The molecule has 1 aliphatic heterocycles. The van der Waals surface area contributed by atoms with Gasteiger partial charge in [0.2, 0.25) is 0 Å². The highest BCUT2D eigenvalue weighted by Gasteiger charge is 2.60. The summed E-state index contributed by atoms with van der Waals surface area (Å²) in [6, 6.07) is 19.5. The van der Waals surface area contributed by atoms with Crippen LogP contribution in [0.1, 0.15) is 23.1 Å². The number of ether oxygens (including phenoxy) is 1. The van der Waals surface area contributed by atoms with Gasteiger partial charge in [0.15, 0.2) is 5.41 Å². The van der Waals surface area contributed by atoms with Crippen molar-refractivity contribution < 1.29 is 9.53 Å². The second-order valence-electron chi connectivity index (χ2n) is 6.14. The van der Waals surface area contributed by atoms with Crippen molar-refractivity contribution in [2.24, 2.45) is 5.41 Å². The largest absolute Gasteiger partial charge is 0.468 e. The van der Waals surface area contributed by atoms with Gasteiger partial charge in [-0.1, -0.05) is 58.4 Å². The van der Waals surface area contributed by atoms with Gasteiger partial charge in [-0.25, -0.2) is 0 Å². The predicted molar refractivity (Wildman–Crippen MR) is 98.7 cm³/mol. The fourth-order valence-corrected chi connectivity index (χ4v) is 4.05. The summed E-state index contributed by atoms with van der Waals surface area (Å²) >= 11 is 3.42. The summed E-state index contributed by atoms with van der Waals surface area (Å²) in [5.41, 5.74) is 0.0480. The Labute approximate surface area is 160 Å². The summed E-state index contributed by atoms with van der Waals surface area (Å²) in [7, 11) is 1.30. The van der Waals surface area contributed by atoms with Gasteiger partial charge in [-0.2, -0.15) is 10.5 Å². The number of halogens is 1. The smallest absolute Gasteiger partial charge is 0.323 e. The lowest BCUT2D eigenvalue weighted by Gasteiger charge is -2.27. The maximum atomic E-state index is 12.4. The van der Waals surface area contributed by atoms with Crippen molar-refractivity contribution in [1.29, 1.82) is 10.5 Å². The van der Waals surface area contributed by atoms with E-state index in [2.05, 4.69) is 33.4 Å². The first-order chi connectivity index (χ1) is 12.6. The second-order valence-corrected chi connectivity index (χ2v) is 7.05. The van der Waals surface area contributed by atoms with E-state index in [1.807, 2.05) is 54.6 Å². The zero-order valence-corrected chi connectivity index (χ0v) is 15.6. The number of hydrogen-bond donors (Lipinski definition) is 1. The molecular weight excluding hydrogens is 394 g/mol. The van der Waals surface area contributed by atoms with E-state index in [4.69, 9.17) is 4.74 Å². The molecule has 0 spiro atoms. The van der Waals surface area contributed by atoms with Gasteiger partial charge in [0.25, 0.3) is 0 Å². The Balaban J connectivity index is 2.20. The first kappa shape index (κ1) is 18.1. The summed E-state index contributed by atoms with van der Waals surface area (Å²) < 4.78 is 5.78. The molecule has 1 N–H and O–H groups in total. The van der Waals surface area contributed by atoms with E-state index in [0.717, 1.165) is 15.6 Å². The van der Waals surface area contributed by atoms with Crippen LogP contribution in [0.4, 0.5) is 0 Å². The van der Waals surface area contributed by atoms with E-state index in [1.54, 1.807) is 0 Å². The highest BCUT2D eigenvalue weighted by Crippen LogP contribution is 2.52. The summed E-state index contributed by atoms with van der Waals surface area (Å²) in [6.45, 7) is 0. The highest BCUT2D eigenvalue weighted by atomic mass is 79.9.